The van der Waals surface area contributed by atoms with Crippen LogP contribution in [-0.4, -0.2) is 94.2 Å². The van der Waals surface area contributed by atoms with Crippen LogP contribution in [0, 0.1) is 46.8 Å². The fourth-order valence-corrected chi connectivity index (χ4v) is 10.8. The number of fused-ring (bicyclic) bond motifs is 5. The van der Waals surface area contributed by atoms with Gasteiger partial charge in [-0.1, -0.05) is 31.9 Å². The summed E-state index contributed by atoms with van der Waals surface area (Å²) >= 11 is 0. The molecule has 0 unspecified atom stereocenters. The number of rotatable bonds is 5. The standard InChI is InChI=1S/C34H55NO7/c1-17-6-9-27(35(5)15-17)19(3)21-7-8-22-23(18(21)2)13-25-24(22)14-28(37)26-12-20(10-11-34(25,26)4)41-33-32(40)31(39)30(38)29(16-36)42-33/h17,19-22,24-27,29-33,36,38-40H,6-16H2,1-5H3/t17-,19-,20-,21+,22+,24-,25-,26+,27+,29+,30+,31-,32+,33+,34+/m0/s1. The number of likely N-dealkylation sites (tertiary alicyclic amines) is 1. The van der Waals surface area contributed by atoms with Gasteiger partial charge in [0.2, 0.25) is 0 Å². The van der Waals surface area contributed by atoms with E-state index in [9.17, 15) is 25.2 Å². The van der Waals surface area contributed by atoms with Crippen molar-refractivity contribution >= 4 is 5.78 Å². The minimum atomic E-state index is -1.46. The molecule has 6 rings (SSSR count). The average molecular weight is 590 g/mol. The number of carbonyl (C=O) groups is 1. The first-order valence-electron chi connectivity index (χ1n) is 16.8. The Bertz CT molecular complexity index is 1050. The highest BCUT2D eigenvalue weighted by Gasteiger charge is 2.60. The molecular formula is C34H55NO7. The lowest BCUT2D eigenvalue weighted by atomic mass is 9.51. The molecule has 0 aromatic heterocycles. The molecule has 6 aliphatic rings. The number of piperidine rings is 1. The van der Waals surface area contributed by atoms with Gasteiger partial charge in [0.15, 0.2) is 6.29 Å². The van der Waals surface area contributed by atoms with Gasteiger partial charge < -0.3 is 34.8 Å². The van der Waals surface area contributed by atoms with Gasteiger partial charge in [0.25, 0.3) is 0 Å². The van der Waals surface area contributed by atoms with Crippen molar-refractivity contribution in [3.05, 3.63) is 11.1 Å². The van der Waals surface area contributed by atoms with Crippen LogP contribution < -0.4 is 0 Å². The summed E-state index contributed by atoms with van der Waals surface area (Å²) in [6.45, 7) is 10.4. The first-order valence-corrected chi connectivity index (χ1v) is 16.8. The Morgan fingerprint density at radius 2 is 1.83 bits per heavy atom. The minimum absolute atomic E-state index is 0.0688. The Hall–Kier alpha value is -0.870. The second-order valence-electron chi connectivity index (χ2n) is 15.5. The van der Waals surface area contributed by atoms with Crippen molar-refractivity contribution in [3.63, 3.8) is 0 Å². The van der Waals surface area contributed by atoms with Gasteiger partial charge in [0, 0.05) is 24.9 Å². The molecule has 238 valence electrons. The molecule has 0 spiro atoms. The number of carbonyl (C=O) groups excluding carboxylic acids is 1. The van der Waals surface area contributed by atoms with Gasteiger partial charge in [-0.15, -0.1) is 0 Å². The van der Waals surface area contributed by atoms with Crippen LogP contribution >= 0.6 is 0 Å². The zero-order chi connectivity index (χ0) is 30.1. The van der Waals surface area contributed by atoms with Crippen LogP contribution in [0.2, 0.25) is 0 Å². The molecule has 3 saturated carbocycles. The van der Waals surface area contributed by atoms with E-state index in [0.29, 0.717) is 54.3 Å². The lowest BCUT2D eigenvalue weighted by molar-refractivity contribution is -0.315. The number of allylic oxidation sites excluding steroid dienone is 2. The van der Waals surface area contributed by atoms with Gasteiger partial charge in [0.1, 0.15) is 30.2 Å². The zero-order valence-corrected chi connectivity index (χ0v) is 26.3. The summed E-state index contributed by atoms with van der Waals surface area (Å²) in [6, 6.07) is 0.657. The Labute approximate surface area is 251 Å². The molecule has 8 heteroatoms. The Kier molecular flexibility index (Phi) is 8.75. The van der Waals surface area contributed by atoms with E-state index >= 15 is 0 Å². The summed E-state index contributed by atoms with van der Waals surface area (Å²) < 4.78 is 11.8. The molecule has 5 fully saturated rings. The predicted molar refractivity (Wildman–Crippen MR) is 158 cm³/mol. The lowest BCUT2D eigenvalue weighted by Gasteiger charge is -2.53. The maximum atomic E-state index is 13.8. The van der Waals surface area contributed by atoms with Crippen LogP contribution in [0.3, 0.4) is 0 Å². The second-order valence-corrected chi connectivity index (χ2v) is 15.5. The molecule has 0 bridgehead atoms. The van der Waals surface area contributed by atoms with Crippen molar-refractivity contribution in [1.82, 2.24) is 4.90 Å². The Balaban J connectivity index is 1.16. The average Bonchev–Trinajstić information content (AvgIpc) is 3.34. The number of aliphatic hydroxyl groups is 4. The first kappa shape index (κ1) is 31.1. The number of nitrogens with zero attached hydrogens (tertiary/aromatic N) is 1. The van der Waals surface area contributed by atoms with Gasteiger partial charge in [0.05, 0.1) is 12.7 Å². The molecule has 2 saturated heterocycles. The molecule has 2 aliphatic heterocycles. The van der Waals surface area contributed by atoms with Gasteiger partial charge in [-0.2, -0.15) is 0 Å². The van der Waals surface area contributed by atoms with Gasteiger partial charge in [-0.05, 0) is 106 Å². The van der Waals surface area contributed by atoms with Gasteiger partial charge in [-0.25, -0.2) is 0 Å². The number of ether oxygens (including phenoxy) is 2. The predicted octanol–water partition coefficient (Wildman–Crippen LogP) is 3.30. The maximum absolute atomic E-state index is 13.8. The zero-order valence-electron chi connectivity index (χ0n) is 26.3. The second kappa shape index (κ2) is 11.8. The summed E-state index contributed by atoms with van der Waals surface area (Å²) in [5.41, 5.74) is 3.24. The fourth-order valence-electron chi connectivity index (χ4n) is 10.8. The topological polar surface area (TPSA) is 120 Å². The molecule has 0 amide bonds. The van der Waals surface area contributed by atoms with Crippen molar-refractivity contribution in [2.24, 2.45) is 46.8 Å². The van der Waals surface area contributed by atoms with E-state index in [4.69, 9.17) is 9.47 Å². The van der Waals surface area contributed by atoms with E-state index in [2.05, 4.69) is 39.6 Å². The van der Waals surface area contributed by atoms with E-state index < -0.39 is 37.3 Å². The van der Waals surface area contributed by atoms with Crippen LogP contribution in [-0.2, 0) is 14.3 Å². The number of Topliss-reactive ketones (excluding diaryl/α,β-unsaturated/α-hetero) is 1. The number of hydrogen-bond donors (Lipinski definition) is 4. The van der Waals surface area contributed by atoms with Crippen LogP contribution in [0.4, 0.5) is 0 Å². The quantitative estimate of drug-likeness (QED) is 0.285. The van der Waals surface area contributed by atoms with Crippen LogP contribution in [0.1, 0.15) is 85.5 Å². The van der Waals surface area contributed by atoms with Crippen LogP contribution in [0.25, 0.3) is 0 Å². The lowest BCUT2D eigenvalue weighted by Crippen LogP contribution is -2.60. The fraction of sp³-hybridized carbons (Fsp3) is 0.912. The number of aliphatic hydroxyl groups excluding tert-OH is 4. The van der Waals surface area contributed by atoms with Crippen molar-refractivity contribution < 1.29 is 34.7 Å². The highest BCUT2D eigenvalue weighted by atomic mass is 16.7. The normalized spacial score (nSPS) is 50.7. The minimum Gasteiger partial charge on any atom is -0.394 e. The molecule has 2 heterocycles. The molecule has 0 aromatic rings. The molecule has 0 radical (unpaired) electrons. The summed E-state index contributed by atoms with van der Waals surface area (Å²) in [5, 5.41) is 40.4. The molecule has 4 aliphatic carbocycles. The largest absolute Gasteiger partial charge is 0.394 e. The summed E-state index contributed by atoms with van der Waals surface area (Å²) in [5.74, 6) is 3.85. The monoisotopic (exact) mass is 589 g/mol. The highest BCUT2D eigenvalue weighted by molar-refractivity contribution is 5.83. The van der Waals surface area contributed by atoms with E-state index in [1.165, 1.54) is 32.2 Å². The van der Waals surface area contributed by atoms with Gasteiger partial charge >= 0.3 is 0 Å². The maximum Gasteiger partial charge on any atom is 0.186 e. The summed E-state index contributed by atoms with van der Waals surface area (Å²) in [7, 11) is 2.32. The van der Waals surface area contributed by atoms with E-state index in [1.807, 2.05) is 0 Å². The number of hydrogen-bond acceptors (Lipinski definition) is 8. The SMILES string of the molecule is CC1=C2C[C@H]3[C@@H](CC(=O)[C@H]4C[C@@H](O[C@@H]5O[C@H](CO)[C@@H](O)[C@H](O)[C@H]5O)CC[C@@]43C)[C@@H]2CC[C@H]1[C@H](C)[C@H]1CC[C@H](C)CN1C. The van der Waals surface area contributed by atoms with Crippen molar-refractivity contribution in [1.29, 1.82) is 0 Å². The molecule has 0 aromatic carbocycles. The van der Waals surface area contributed by atoms with Gasteiger partial charge in [-0.3, -0.25) is 4.79 Å². The Morgan fingerprint density at radius 3 is 2.55 bits per heavy atom. The van der Waals surface area contributed by atoms with Crippen LogP contribution in [0.15, 0.2) is 11.1 Å². The summed E-state index contributed by atoms with van der Waals surface area (Å²) in [6.07, 6.45) is 2.39. The van der Waals surface area contributed by atoms with Crippen molar-refractivity contribution in [2.75, 3.05) is 20.2 Å². The molecular weight excluding hydrogens is 534 g/mol. The first-order chi connectivity index (χ1) is 19.9. The molecule has 42 heavy (non-hydrogen) atoms. The van der Waals surface area contributed by atoms with E-state index in [1.54, 1.807) is 11.1 Å². The van der Waals surface area contributed by atoms with Crippen molar-refractivity contribution in [2.45, 2.75) is 128 Å². The third-order valence-corrected chi connectivity index (χ3v) is 13.3. The van der Waals surface area contributed by atoms with Crippen molar-refractivity contribution in [3.8, 4) is 0 Å². The highest BCUT2D eigenvalue weighted by Crippen LogP contribution is 2.64. The smallest absolute Gasteiger partial charge is 0.186 e. The Morgan fingerprint density at radius 1 is 1.07 bits per heavy atom. The molecule has 8 nitrogen and oxygen atoms in total. The third kappa shape index (κ3) is 5.15. The molecule has 4 N–H and O–H groups in total. The van der Waals surface area contributed by atoms with E-state index in [-0.39, 0.29) is 17.4 Å². The van der Waals surface area contributed by atoms with Crippen LogP contribution in [0.5, 0.6) is 0 Å². The van der Waals surface area contributed by atoms with E-state index in [0.717, 1.165) is 25.2 Å². The molecule has 15 atom stereocenters. The summed E-state index contributed by atoms with van der Waals surface area (Å²) in [4.78, 5) is 16.4. The number of ketones is 1. The third-order valence-electron chi connectivity index (χ3n) is 13.3.